The standard InChI is InChI=1S/C41H53F4N3O9S/c1-6-25-16-24(2)10-7-8-12-27-19-40(27,36(52)46-58(54,55)39(5)14-15-39)20-33(49)32-17-28(56-37(53)47-21-26-11-9-13-31(42)30(26)23-47)22-48(32)35(51)29(25)18-34(50)57-38(3,4)41(43,44)45/h8-9,11-13,24-25,27-29,32H,6-7,10,14-23H2,1-5H3,(H,46,52)/b12-8-/t24-,25-,27-,28-,29+,32+,40-/m1/s1. The molecule has 1 N–H and O–H groups in total. The van der Waals surface area contributed by atoms with E-state index < -0.39 is 110 Å². The van der Waals surface area contributed by atoms with E-state index in [0.29, 0.717) is 63.5 Å². The highest BCUT2D eigenvalue weighted by molar-refractivity contribution is 7.91. The Bertz CT molecular complexity index is 1970. The molecular weight excluding hydrogens is 787 g/mol. The zero-order valence-electron chi connectivity index (χ0n) is 33.5. The van der Waals surface area contributed by atoms with Crippen LogP contribution in [0.1, 0.15) is 110 Å². The molecule has 1 saturated heterocycles. The van der Waals surface area contributed by atoms with Crippen LogP contribution in [0, 0.1) is 34.9 Å². The summed E-state index contributed by atoms with van der Waals surface area (Å²) in [5.41, 5.74) is -3.36. The number of esters is 1. The number of hydrogen-bond donors (Lipinski definition) is 1. The van der Waals surface area contributed by atoms with Gasteiger partial charge < -0.3 is 14.4 Å². The van der Waals surface area contributed by atoms with Crippen molar-refractivity contribution in [3.05, 3.63) is 47.3 Å². The normalized spacial score (nSPS) is 30.6. The van der Waals surface area contributed by atoms with E-state index >= 15 is 0 Å². The van der Waals surface area contributed by atoms with Crippen LogP contribution in [0.25, 0.3) is 0 Å². The molecule has 0 unspecified atom stereocenters. The lowest BCUT2D eigenvalue weighted by molar-refractivity contribution is -0.257. The maximum atomic E-state index is 14.8. The van der Waals surface area contributed by atoms with Crippen molar-refractivity contribution >= 4 is 39.7 Å². The van der Waals surface area contributed by atoms with Crippen LogP contribution in [0.3, 0.4) is 0 Å². The molecule has 0 spiro atoms. The van der Waals surface area contributed by atoms with Gasteiger partial charge in [0.05, 0.1) is 41.6 Å². The minimum atomic E-state index is -4.90. The SMILES string of the molecule is CC[C@@H]1C[C@H](C)CC/C=C\[C@@H]2C[C@@]2(C(=O)NS(=O)(=O)C2(C)CC2)CC(=O)[C@@H]2C[C@@H](OC(=O)N3Cc4cccc(F)c4C3)CN2C(=O)[C@H]1CC(=O)OC(C)(C)C(F)(F)F. The Morgan fingerprint density at radius 1 is 1.07 bits per heavy atom. The first kappa shape index (κ1) is 43.6. The number of carbonyl (C=O) groups excluding carboxylic acids is 5. The van der Waals surface area contributed by atoms with Gasteiger partial charge in [0.25, 0.3) is 0 Å². The summed E-state index contributed by atoms with van der Waals surface area (Å²) < 4.78 is 94.1. The molecule has 320 valence electrons. The number of rotatable bonds is 8. The highest BCUT2D eigenvalue weighted by Crippen LogP contribution is 2.58. The van der Waals surface area contributed by atoms with Gasteiger partial charge in [0.15, 0.2) is 5.78 Å². The van der Waals surface area contributed by atoms with Gasteiger partial charge in [-0.05, 0) is 88.7 Å². The van der Waals surface area contributed by atoms with Crippen LogP contribution < -0.4 is 4.72 Å². The fraction of sp³-hybridized carbons (Fsp3) is 0.683. The van der Waals surface area contributed by atoms with Gasteiger partial charge in [-0.25, -0.2) is 17.6 Å². The maximum Gasteiger partial charge on any atom is 0.427 e. The van der Waals surface area contributed by atoms with Crippen LogP contribution >= 0.6 is 0 Å². The Morgan fingerprint density at radius 3 is 2.41 bits per heavy atom. The Balaban J connectivity index is 1.32. The van der Waals surface area contributed by atoms with Gasteiger partial charge in [-0.15, -0.1) is 0 Å². The largest absolute Gasteiger partial charge is 0.450 e. The van der Waals surface area contributed by atoms with Crippen LogP contribution in [-0.2, 0) is 51.8 Å². The number of allylic oxidation sites excluding steroid dienone is 2. The third kappa shape index (κ3) is 8.79. The Kier molecular flexibility index (Phi) is 11.9. The summed E-state index contributed by atoms with van der Waals surface area (Å²) in [5, 5.41) is 0. The number of nitrogens with one attached hydrogen (secondary N) is 1. The second-order valence-corrected chi connectivity index (χ2v) is 20.0. The molecule has 3 fully saturated rings. The second-order valence-electron chi connectivity index (χ2n) is 17.8. The summed E-state index contributed by atoms with van der Waals surface area (Å²) in [5.74, 6) is -6.10. The molecular formula is C41H53F4N3O9S. The first-order chi connectivity index (χ1) is 27.0. The number of benzene rings is 1. The van der Waals surface area contributed by atoms with E-state index in [1.165, 1.54) is 28.9 Å². The molecule has 3 amide bonds. The smallest absolute Gasteiger partial charge is 0.427 e. The quantitative estimate of drug-likeness (QED) is 0.175. The number of ether oxygens (including phenoxy) is 2. The van der Waals surface area contributed by atoms with Crippen molar-refractivity contribution in [3.8, 4) is 0 Å². The molecule has 3 aliphatic heterocycles. The van der Waals surface area contributed by atoms with Crippen molar-refractivity contribution in [2.24, 2.45) is 29.1 Å². The first-order valence-electron chi connectivity index (χ1n) is 20.1. The molecule has 2 saturated carbocycles. The number of amides is 3. The number of alkyl halides is 3. The summed E-state index contributed by atoms with van der Waals surface area (Å²) >= 11 is 0. The van der Waals surface area contributed by atoms with Gasteiger partial charge in [-0.1, -0.05) is 44.6 Å². The zero-order chi connectivity index (χ0) is 42.6. The average Bonchev–Trinajstić information content (AvgIpc) is 3.92. The van der Waals surface area contributed by atoms with Crippen molar-refractivity contribution in [1.82, 2.24) is 14.5 Å². The molecule has 3 heterocycles. The Labute approximate surface area is 336 Å². The number of nitrogens with zero attached hydrogens (tertiary/aromatic N) is 2. The fourth-order valence-electron chi connectivity index (χ4n) is 8.63. The van der Waals surface area contributed by atoms with Gasteiger partial charge in [-0.2, -0.15) is 13.2 Å². The molecule has 1 aromatic rings. The number of ketones is 1. The van der Waals surface area contributed by atoms with E-state index in [0.717, 1.165) is 0 Å². The van der Waals surface area contributed by atoms with E-state index in [4.69, 9.17) is 9.47 Å². The average molecular weight is 840 g/mol. The summed E-state index contributed by atoms with van der Waals surface area (Å²) in [6, 6.07) is 3.20. The number of sulfonamides is 1. The Hall–Kier alpha value is -4.02. The molecule has 17 heteroatoms. The lowest BCUT2D eigenvalue weighted by atomic mass is 9.79. The number of carbonyl (C=O) groups is 5. The molecule has 2 aliphatic carbocycles. The van der Waals surface area contributed by atoms with Crippen molar-refractivity contribution in [1.29, 1.82) is 0 Å². The number of fused-ring (bicyclic) bond motifs is 3. The molecule has 0 bridgehead atoms. The topological polar surface area (TPSA) is 156 Å². The van der Waals surface area contributed by atoms with Gasteiger partial charge in [0, 0.05) is 24.9 Å². The molecule has 0 radical (unpaired) electrons. The number of hydrogen-bond acceptors (Lipinski definition) is 9. The first-order valence-corrected chi connectivity index (χ1v) is 21.6. The molecule has 0 aromatic heterocycles. The summed E-state index contributed by atoms with van der Waals surface area (Å²) in [6.45, 7) is 6.41. The monoisotopic (exact) mass is 839 g/mol. The summed E-state index contributed by atoms with van der Waals surface area (Å²) in [6.07, 6.45) is -1.54. The van der Waals surface area contributed by atoms with Crippen molar-refractivity contribution in [3.63, 3.8) is 0 Å². The zero-order valence-corrected chi connectivity index (χ0v) is 34.3. The Morgan fingerprint density at radius 2 is 1.78 bits per heavy atom. The maximum absolute atomic E-state index is 14.8. The van der Waals surface area contributed by atoms with E-state index in [1.54, 1.807) is 13.0 Å². The second kappa shape index (κ2) is 15.9. The van der Waals surface area contributed by atoms with Crippen molar-refractivity contribution in [2.45, 2.75) is 141 Å². The van der Waals surface area contributed by atoms with Crippen LogP contribution in [0.4, 0.5) is 22.4 Å². The summed E-state index contributed by atoms with van der Waals surface area (Å²) in [4.78, 5) is 72.6. The van der Waals surface area contributed by atoms with E-state index in [2.05, 4.69) is 4.72 Å². The minimum Gasteiger partial charge on any atom is -0.450 e. The number of halogens is 4. The lowest BCUT2D eigenvalue weighted by Gasteiger charge is -2.34. The summed E-state index contributed by atoms with van der Waals surface area (Å²) in [7, 11) is -4.07. The van der Waals surface area contributed by atoms with E-state index in [-0.39, 0.29) is 38.4 Å². The molecule has 6 rings (SSSR count). The lowest BCUT2D eigenvalue weighted by Crippen LogP contribution is -2.49. The van der Waals surface area contributed by atoms with Crippen molar-refractivity contribution < 1.29 is 59.4 Å². The molecule has 7 atom stereocenters. The third-order valence-electron chi connectivity index (χ3n) is 13.0. The van der Waals surface area contributed by atoms with Gasteiger partial charge in [0.2, 0.25) is 27.4 Å². The number of Topliss-reactive ketones (excluding diaryl/α,β-unsaturated/α-hetero) is 1. The molecule has 1 aromatic carbocycles. The van der Waals surface area contributed by atoms with Crippen molar-refractivity contribution in [2.75, 3.05) is 6.54 Å². The van der Waals surface area contributed by atoms with Crippen LogP contribution in [-0.4, -0.2) is 83.1 Å². The molecule has 5 aliphatic rings. The molecule has 58 heavy (non-hydrogen) atoms. The molecule has 12 nitrogen and oxygen atoms in total. The predicted octanol–water partition coefficient (Wildman–Crippen LogP) is 6.50. The highest BCUT2D eigenvalue weighted by atomic mass is 32.2. The minimum absolute atomic E-state index is 0.0199. The third-order valence-corrected chi connectivity index (χ3v) is 15.2. The fourth-order valence-corrected chi connectivity index (χ4v) is 9.97. The van der Waals surface area contributed by atoms with Crippen LogP contribution in [0.5, 0.6) is 0 Å². The van der Waals surface area contributed by atoms with Gasteiger partial charge in [-0.3, -0.25) is 28.8 Å². The van der Waals surface area contributed by atoms with E-state index in [1.807, 2.05) is 19.1 Å². The highest BCUT2D eigenvalue weighted by Gasteiger charge is 2.63. The van der Waals surface area contributed by atoms with Gasteiger partial charge in [0.1, 0.15) is 11.9 Å². The van der Waals surface area contributed by atoms with Gasteiger partial charge >= 0.3 is 18.2 Å². The predicted molar refractivity (Wildman–Crippen MR) is 201 cm³/mol. The van der Waals surface area contributed by atoms with E-state index in [9.17, 15) is 50.0 Å². The van der Waals surface area contributed by atoms with Crippen LogP contribution in [0.15, 0.2) is 30.4 Å². The van der Waals surface area contributed by atoms with Crippen LogP contribution in [0.2, 0.25) is 0 Å².